The van der Waals surface area contributed by atoms with Crippen LogP contribution in [0.3, 0.4) is 0 Å². The number of halogens is 1. The van der Waals surface area contributed by atoms with Crippen LogP contribution in [-0.2, 0) is 6.54 Å². The monoisotopic (exact) mass is 320 g/mol. The number of methoxy groups -OCH3 is 1. The van der Waals surface area contributed by atoms with Gasteiger partial charge in [0.2, 0.25) is 0 Å². The van der Waals surface area contributed by atoms with Gasteiger partial charge >= 0.3 is 0 Å². The molecule has 0 saturated carbocycles. The average Bonchev–Trinajstić information content (AvgIpc) is 2.38. The molecule has 0 bridgehead atoms. The van der Waals surface area contributed by atoms with Crippen molar-refractivity contribution in [1.29, 1.82) is 0 Å². The number of nitrogens with one attached hydrogen (secondary N) is 1. The van der Waals surface area contributed by atoms with Crippen molar-refractivity contribution in [3.63, 3.8) is 0 Å². The Morgan fingerprint density at radius 3 is 2.74 bits per heavy atom. The van der Waals surface area contributed by atoms with E-state index in [1.54, 1.807) is 7.11 Å². The topological polar surface area (TPSA) is 34.1 Å². The molecule has 0 aliphatic carbocycles. The summed E-state index contributed by atoms with van der Waals surface area (Å²) in [7, 11) is 1.68. The summed E-state index contributed by atoms with van der Waals surface area (Å²) < 4.78 is 6.44. The third-order valence-electron chi connectivity index (χ3n) is 3.09. The lowest BCUT2D eigenvalue weighted by atomic mass is 10.1. The van der Waals surface area contributed by atoms with Gasteiger partial charge in [-0.05, 0) is 48.7 Å². The molecule has 0 spiro atoms. The van der Waals surface area contributed by atoms with E-state index in [1.807, 2.05) is 24.5 Å². The second kappa shape index (κ2) is 6.06. The molecule has 1 N–H and O–H groups in total. The zero-order chi connectivity index (χ0) is 13.8. The van der Waals surface area contributed by atoms with Crippen LogP contribution in [0.5, 0.6) is 5.75 Å². The molecule has 1 aromatic heterocycles. The molecule has 0 atom stereocenters. The van der Waals surface area contributed by atoms with Crippen molar-refractivity contribution in [1.82, 2.24) is 4.98 Å². The number of nitrogens with zero attached hydrogens (tertiary/aromatic N) is 1. The zero-order valence-corrected chi connectivity index (χ0v) is 12.9. The lowest BCUT2D eigenvalue weighted by molar-refractivity contribution is 0.416. The number of hydrogen-bond donors (Lipinski definition) is 1. The van der Waals surface area contributed by atoms with Gasteiger partial charge in [0, 0.05) is 23.4 Å². The summed E-state index contributed by atoms with van der Waals surface area (Å²) in [5, 5.41) is 3.43. The first-order chi connectivity index (χ1) is 9.11. The maximum Gasteiger partial charge on any atom is 0.143 e. The van der Waals surface area contributed by atoms with Gasteiger partial charge in [-0.2, -0.15) is 0 Å². The number of aromatic nitrogens is 1. The van der Waals surface area contributed by atoms with Gasteiger partial charge in [0.05, 0.1) is 12.8 Å². The van der Waals surface area contributed by atoms with Crippen LogP contribution in [0.25, 0.3) is 0 Å². The Hall–Kier alpha value is -1.55. The maximum absolute atomic E-state index is 5.42. The Labute approximate surface area is 122 Å². The predicted molar refractivity (Wildman–Crippen MR) is 81.7 cm³/mol. The van der Waals surface area contributed by atoms with E-state index in [2.05, 4.69) is 46.1 Å². The van der Waals surface area contributed by atoms with Crippen LogP contribution in [0.2, 0.25) is 0 Å². The Kier molecular flexibility index (Phi) is 4.43. The number of ether oxygens (including phenoxy) is 1. The molecule has 19 heavy (non-hydrogen) atoms. The van der Waals surface area contributed by atoms with Gasteiger partial charge in [0.25, 0.3) is 0 Å². The second-order valence-corrected chi connectivity index (χ2v) is 5.37. The molecular weight excluding hydrogens is 304 g/mol. The fraction of sp³-hybridized carbons (Fsp3) is 0.267. The van der Waals surface area contributed by atoms with Gasteiger partial charge in [-0.15, -0.1) is 0 Å². The van der Waals surface area contributed by atoms with Gasteiger partial charge in [0.1, 0.15) is 5.75 Å². The molecule has 0 aliphatic heterocycles. The van der Waals surface area contributed by atoms with Crippen LogP contribution in [0, 0.1) is 13.8 Å². The average molecular weight is 321 g/mol. The molecule has 2 rings (SSSR count). The summed E-state index contributed by atoms with van der Waals surface area (Å²) in [5.74, 6) is 0.841. The molecule has 3 nitrogen and oxygen atoms in total. The van der Waals surface area contributed by atoms with Crippen LogP contribution in [-0.4, -0.2) is 12.1 Å². The number of aryl methyl sites for hydroxylation is 2. The lowest BCUT2D eigenvalue weighted by Gasteiger charge is -2.15. The van der Waals surface area contributed by atoms with E-state index in [-0.39, 0.29) is 0 Å². The lowest BCUT2D eigenvalue weighted by Crippen LogP contribution is -2.05. The highest BCUT2D eigenvalue weighted by Gasteiger charge is 2.08. The van der Waals surface area contributed by atoms with Crippen LogP contribution in [0.1, 0.15) is 16.7 Å². The second-order valence-electron chi connectivity index (χ2n) is 4.46. The van der Waals surface area contributed by atoms with E-state index >= 15 is 0 Å². The summed E-state index contributed by atoms with van der Waals surface area (Å²) in [6.45, 7) is 4.88. The molecule has 2 aromatic rings. The normalized spacial score (nSPS) is 10.3. The number of anilines is 1. The third-order valence-corrected chi connectivity index (χ3v) is 3.54. The predicted octanol–water partition coefficient (Wildman–Crippen LogP) is 4.08. The Morgan fingerprint density at radius 1 is 1.26 bits per heavy atom. The fourth-order valence-electron chi connectivity index (χ4n) is 1.97. The van der Waals surface area contributed by atoms with Crippen LogP contribution >= 0.6 is 15.9 Å². The first-order valence-electron chi connectivity index (χ1n) is 6.09. The highest BCUT2D eigenvalue weighted by Crippen LogP contribution is 2.32. The first-order valence-corrected chi connectivity index (χ1v) is 6.88. The number of benzene rings is 1. The molecule has 0 radical (unpaired) electrons. The van der Waals surface area contributed by atoms with Gasteiger partial charge in [-0.25, -0.2) is 0 Å². The quantitative estimate of drug-likeness (QED) is 0.921. The summed E-state index contributed by atoms with van der Waals surface area (Å²) in [4.78, 5) is 4.16. The van der Waals surface area contributed by atoms with Gasteiger partial charge in [-0.1, -0.05) is 15.9 Å². The van der Waals surface area contributed by atoms with Gasteiger partial charge < -0.3 is 10.1 Å². The summed E-state index contributed by atoms with van der Waals surface area (Å²) >= 11 is 3.48. The summed E-state index contributed by atoms with van der Waals surface area (Å²) in [5.41, 5.74) is 4.59. The highest BCUT2D eigenvalue weighted by molar-refractivity contribution is 9.10. The van der Waals surface area contributed by atoms with Crippen LogP contribution in [0.15, 0.2) is 35.1 Å². The van der Waals surface area contributed by atoms with E-state index < -0.39 is 0 Å². The highest BCUT2D eigenvalue weighted by atomic mass is 79.9. The van der Waals surface area contributed by atoms with Crippen molar-refractivity contribution in [3.05, 3.63) is 51.8 Å². The minimum absolute atomic E-state index is 0.735. The molecule has 4 heteroatoms. The SMILES string of the molecule is COc1cc(Br)cc(C)c1NCc1cnccc1C. The molecule has 0 fully saturated rings. The van der Waals surface area contributed by atoms with Crippen LogP contribution < -0.4 is 10.1 Å². The smallest absolute Gasteiger partial charge is 0.143 e. The molecule has 0 aliphatic rings. The Balaban J connectivity index is 2.22. The van der Waals surface area contributed by atoms with Crippen molar-refractivity contribution >= 4 is 21.6 Å². The zero-order valence-electron chi connectivity index (χ0n) is 11.3. The third kappa shape index (κ3) is 3.26. The van der Waals surface area contributed by atoms with Gasteiger partial charge in [0.15, 0.2) is 0 Å². The van der Waals surface area contributed by atoms with E-state index in [4.69, 9.17) is 4.74 Å². The standard InChI is InChI=1S/C15H17BrN2O/c1-10-4-5-17-8-12(10)9-18-15-11(2)6-13(16)7-14(15)19-3/h4-8,18H,9H2,1-3H3. The van der Waals surface area contributed by atoms with E-state index in [0.717, 1.165) is 28.0 Å². The minimum atomic E-state index is 0.735. The molecular formula is C15H17BrN2O. The van der Waals surface area contributed by atoms with Crippen molar-refractivity contribution in [3.8, 4) is 5.75 Å². The van der Waals surface area contributed by atoms with E-state index in [0.29, 0.717) is 0 Å². The number of hydrogen-bond acceptors (Lipinski definition) is 3. The molecule has 0 saturated heterocycles. The largest absolute Gasteiger partial charge is 0.495 e. The van der Waals surface area contributed by atoms with Gasteiger partial charge in [-0.3, -0.25) is 4.98 Å². The van der Waals surface area contributed by atoms with Crippen molar-refractivity contribution < 1.29 is 4.74 Å². The van der Waals surface area contributed by atoms with E-state index in [9.17, 15) is 0 Å². The first kappa shape index (κ1) is 13.9. The van der Waals surface area contributed by atoms with Crippen molar-refractivity contribution in [2.75, 3.05) is 12.4 Å². The van der Waals surface area contributed by atoms with Crippen molar-refractivity contribution in [2.45, 2.75) is 20.4 Å². The molecule has 100 valence electrons. The molecule has 0 amide bonds. The van der Waals surface area contributed by atoms with Crippen molar-refractivity contribution in [2.24, 2.45) is 0 Å². The molecule has 1 aromatic carbocycles. The van der Waals surface area contributed by atoms with Crippen LogP contribution in [0.4, 0.5) is 5.69 Å². The fourth-order valence-corrected chi connectivity index (χ4v) is 2.52. The molecule has 1 heterocycles. The Morgan fingerprint density at radius 2 is 2.05 bits per heavy atom. The summed E-state index contributed by atoms with van der Waals surface area (Å²) in [6, 6.07) is 6.05. The number of rotatable bonds is 4. The maximum atomic E-state index is 5.42. The molecule has 0 unspecified atom stereocenters. The summed E-state index contributed by atoms with van der Waals surface area (Å²) in [6.07, 6.45) is 3.70. The Bertz CT molecular complexity index is 584. The van der Waals surface area contributed by atoms with E-state index in [1.165, 1.54) is 11.1 Å². The minimum Gasteiger partial charge on any atom is -0.495 e. The number of pyridine rings is 1.